The van der Waals surface area contributed by atoms with Crippen LogP contribution in [0.5, 0.6) is 0 Å². The van der Waals surface area contributed by atoms with E-state index in [2.05, 4.69) is 27.8 Å². The summed E-state index contributed by atoms with van der Waals surface area (Å²) in [5.41, 5.74) is 0.439. The summed E-state index contributed by atoms with van der Waals surface area (Å²) in [5.74, 6) is -0.0825. The van der Waals surface area contributed by atoms with Crippen molar-refractivity contribution in [2.45, 2.75) is 29.0 Å². The predicted octanol–water partition coefficient (Wildman–Crippen LogP) is 2.50. The van der Waals surface area contributed by atoms with Crippen LogP contribution in [0.25, 0.3) is 0 Å². The van der Waals surface area contributed by atoms with E-state index in [9.17, 15) is 13.2 Å². The van der Waals surface area contributed by atoms with E-state index in [1.54, 1.807) is 12.1 Å². The second-order valence-electron chi connectivity index (χ2n) is 6.53. The molecule has 2 heterocycles. The standard InChI is InChI=1S/C18H25N5O4S3/c1-2-3-7-19-17-21-22-18(29-17)28-13-16(24)20-14-5-4-6-15(12-14)30(25,26)23-8-10-27-11-9-23/h4-6,12H,2-3,7-11,13H2,1H3,(H,19,21)(H,20,24). The number of ether oxygens (including phenoxy) is 1. The minimum absolute atomic E-state index is 0.154. The highest BCUT2D eigenvalue weighted by atomic mass is 32.2. The van der Waals surface area contributed by atoms with Gasteiger partial charge in [0, 0.05) is 25.3 Å². The summed E-state index contributed by atoms with van der Waals surface area (Å²) < 4.78 is 32.9. The Morgan fingerprint density at radius 2 is 2.10 bits per heavy atom. The van der Waals surface area contributed by atoms with Crippen LogP contribution in [0.2, 0.25) is 0 Å². The number of benzene rings is 1. The molecule has 12 heteroatoms. The van der Waals surface area contributed by atoms with Crippen LogP contribution in [0.3, 0.4) is 0 Å². The number of morpholine rings is 1. The van der Waals surface area contributed by atoms with Gasteiger partial charge >= 0.3 is 0 Å². The van der Waals surface area contributed by atoms with Crippen molar-refractivity contribution in [1.29, 1.82) is 0 Å². The highest BCUT2D eigenvalue weighted by Gasteiger charge is 2.26. The molecule has 1 amide bonds. The van der Waals surface area contributed by atoms with Crippen molar-refractivity contribution in [2.75, 3.05) is 49.2 Å². The van der Waals surface area contributed by atoms with Gasteiger partial charge in [0.2, 0.25) is 21.1 Å². The van der Waals surface area contributed by atoms with E-state index in [-0.39, 0.29) is 16.6 Å². The van der Waals surface area contributed by atoms with Crippen LogP contribution in [0.4, 0.5) is 10.8 Å². The molecule has 1 aliphatic rings. The lowest BCUT2D eigenvalue weighted by molar-refractivity contribution is -0.113. The Kier molecular flexibility index (Phi) is 8.45. The molecule has 0 spiro atoms. The van der Waals surface area contributed by atoms with Gasteiger partial charge in [-0.05, 0) is 24.6 Å². The molecular weight excluding hydrogens is 446 g/mol. The molecule has 164 valence electrons. The third-order valence-corrected chi connectivity index (χ3v) is 8.17. The van der Waals surface area contributed by atoms with Crippen LogP contribution in [-0.4, -0.2) is 67.4 Å². The molecule has 0 bridgehead atoms. The van der Waals surface area contributed by atoms with E-state index >= 15 is 0 Å². The minimum Gasteiger partial charge on any atom is -0.379 e. The fourth-order valence-electron chi connectivity index (χ4n) is 2.71. The number of aromatic nitrogens is 2. The molecule has 0 saturated carbocycles. The average Bonchev–Trinajstić information content (AvgIpc) is 3.21. The molecule has 1 aliphatic heterocycles. The van der Waals surface area contributed by atoms with Crippen molar-refractivity contribution in [2.24, 2.45) is 0 Å². The van der Waals surface area contributed by atoms with Crippen LogP contribution >= 0.6 is 23.1 Å². The molecule has 1 fully saturated rings. The van der Waals surface area contributed by atoms with Crippen molar-refractivity contribution < 1.29 is 17.9 Å². The van der Waals surface area contributed by atoms with Crippen LogP contribution in [0.1, 0.15) is 19.8 Å². The maximum atomic E-state index is 12.8. The molecule has 3 rings (SSSR count). The minimum atomic E-state index is -3.61. The van der Waals surface area contributed by atoms with Crippen molar-refractivity contribution in [3.63, 3.8) is 0 Å². The van der Waals surface area contributed by atoms with E-state index in [4.69, 9.17) is 4.74 Å². The maximum Gasteiger partial charge on any atom is 0.243 e. The monoisotopic (exact) mass is 471 g/mol. The summed E-state index contributed by atoms with van der Waals surface area (Å²) in [6, 6.07) is 6.30. The smallest absolute Gasteiger partial charge is 0.243 e. The Morgan fingerprint density at radius 1 is 1.30 bits per heavy atom. The zero-order valence-corrected chi connectivity index (χ0v) is 19.1. The van der Waals surface area contributed by atoms with Crippen LogP contribution in [0.15, 0.2) is 33.5 Å². The summed E-state index contributed by atoms with van der Waals surface area (Å²) >= 11 is 2.70. The Morgan fingerprint density at radius 3 is 2.87 bits per heavy atom. The number of hydrogen-bond acceptors (Lipinski definition) is 9. The number of carbonyl (C=O) groups is 1. The summed E-state index contributed by atoms with van der Waals surface area (Å²) in [7, 11) is -3.61. The van der Waals surface area contributed by atoms with Crippen LogP contribution in [0, 0.1) is 0 Å². The van der Waals surface area contributed by atoms with Gasteiger partial charge in [-0.25, -0.2) is 8.42 Å². The van der Waals surface area contributed by atoms with E-state index in [1.165, 1.54) is 39.5 Å². The number of hydrogen-bond donors (Lipinski definition) is 2. The molecule has 30 heavy (non-hydrogen) atoms. The number of nitrogens with zero attached hydrogens (tertiary/aromatic N) is 3. The zero-order chi connectivity index (χ0) is 21.4. The molecule has 0 unspecified atom stereocenters. The number of thioether (sulfide) groups is 1. The number of rotatable bonds is 10. The molecule has 9 nitrogen and oxygen atoms in total. The fourth-order valence-corrected chi connectivity index (χ4v) is 5.74. The Balaban J connectivity index is 1.54. The highest BCUT2D eigenvalue weighted by molar-refractivity contribution is 8.01. The number of unbranched alkanes of at least 4 members (excludes halogenated alkanes) is 1. The number of sulfonamides is 1. The van der Waals surface area contributed by atoms with Crippen molar-refractivity contribution in [3.05, 3.63) is 24.3 Å². The van der Waals surface area contributed by atoms with Gasteiger partial charge < -0.3 is 15.4 Å². The maximum absolute atomic E-state index is 12.8. The van der Waals surface area contributed by atoms with Crippen molar-refractivity contribution >= 4 is 49.8 Å². The first-order valence-electron chi connectivity index (χ1n) is 9.67. The molecule has 1 saturated heterocycles. The Labute approximate surface area is 184 Å². The number of anilines is 2. The van der Waals surface area contributed by atoms with Crippen LogP contribution < -0.4 is 10.6 Å². The van der Waals surface area contributed by atoms with Crippen molar-refractivity contribution in [3.8, 4) is 0 Å². The fraction of sp³-hybridized carbons (Fsp3) is 0.500. The van der Waals surface area contributed by atoms with Gasteiger partial charge in [-0.1, -0.05) is 42.5 Å². The zero-order valence-electron chi connectivity index (χ0n) is 16.7. The molecular formula is C18H25N5O4S3. The first kappa shape index (κ1) is 22.9. The normalized spacial score (nSPS) is 15.1. The first-order chi connectivity index (χ1) is 14.5. The van der Waals surface area contributed by atoms with Crippen molar-refractivity contribution in [1.82, 2.24) is 14.5 Å². The average molecular weight is 472 g/mol. The largest absolute Gasteiger partial charge is 0.379 e. The number of nitrogens with one attached hydrogen (secondary N) is 2. The second-order valence-corrected chi connectivity index (χ2v) is 10.7. The Hall–Kier alpha value is -1.73. The third kappa shape index (κ3) is 6.38. The van der Waals surface area contributed by atoms with Gasteiger partial charge in [-0.2, -0.15) is 4.31 Å². The number of amides is 1. The second kappa shape index (κ2) is 11.0. The van der Waals surface area contributed by atoms with Gasteiger partial charge in [0.1, 0.15) is 0 Å². The lowest BCUT2D eigenvalue weighted by Gasteiger charge is -2.26. The summed E-state index contributed by atoms with van der Waals surface area (Å²) in [4.78, 5) is 12.5. The molecule has 0 aliphatic carbocycles. The van der Waals surface area contributed by atoms with Gasteiger partial charge in [0.15, 0.2) is 4.34 Å². The molecule has 0 radical (unpaired) electrons. The van der Waals surface area contributed by atoms with Crippen LogP contribution in [-0.2, 0) is 19.6 Å². The van der Waals surface area contributed by atoms with Gasteiger partial charge in [-0.15, -0.1) is 10.2 Å². The quantitative estimate of drug-likeness (QED) is 0.401. The van der Waals surface area contributed by atoms with Gasteiger partial charge in [0.05, 0.1) is 23.9 Å². The van der Waals surface area contributed by atoms with Gasteiger partial charge in [-0.3, -0.25) is 4.79 Å². The van der Waals surface area contributed by atoms with E-state index in [1.807, 2.05) is 0 Å². The summed E-state index contributed by atoms with van der Waals surface area (Å²) in [6.07, 6.45) is 2.16. The highest BCUT2D eigenvalue weighted by Crippen LogP contribution is 2.26. The lowest BCUT2D eigenvalue weighted by atomic mass is 10.3. The van der Waals surface area contributed by atoms with E-state index < -0.39 is 10.0 Å². The molecule has 2 N–H and O–H groups in total. The topological polar surface area (TPSA) is 114 Å². The molecule has 0 atom stereocenters. The van der Waals surface area contributed by atoms with Gasteiger partial charge in [0.25, 0.3) is 0 Å². The van der Waals surface area contributed by atoms with E-state index in [0.717, 1.165) is 24.5 Å². The Bertz CT molecular complexity index is 945. The number of carbonyl (C=O) groups excluding carboxylic acids is 1. The lowest BCUT2D eigenvalue weighted by Crippen LogP contribution is -2.40. The SMILES string of the molecule is CCCCNc1nnc(SCC(=O)Nc2cccc(S(=O)(=O)N3CCOCC3)c2)s1. The molecule has 1 aromatic heterocycles. The summed E-state index contributed by atoms with van der Waals surface area (Å²) in [5, 5.41) is 14.8. The first-order valence-corrected chi connectivity index (χ1v) is 12.9. The summed E-state index contributed by atoms with van der Waals surface area (Å²) in [6.45, 7) is 4.39. The molecule has 1 aromatic carbocycles. The third-order valence-electron chi connectivity index (χ3n) is 4.27. The predicted molar refractivity (Wildman–Crippen MR) is 119 cm³/mol. The molecule has 2 aromatic rings. The van der Waals surface area contributed by atoms with E-state index in [0.29, 0.717) is 36.3 Å².